The summed E-state index contributed by atoms with van der Waals surface area (Å²) in [4.78, 5) is 15.7. The van der Waals surface area contributed by atoms with Gasteiger partial charge in [-0.05, 0) is 13.3 Å². The maximum Gasteiger partial charge on any atom is 0.359 e. The molecule has 0 spiro atoms. The Bertz CT molecular complexity index is 317. The molecule has 0 aromatic carbocycles. The van der Waals surface area contributed by atoms with E-state index in [9.17, 15) is 4.79 Å². The molecule has 0 radical (unpaired) electrons. The van der Waals surface area contributed by atoms with Gasteiger partial charge in [0.15, 0.2) is 12.8 Å². The van der Waals surface area contributed by atoms with Crippen molar-refractivity contribution in [2.45, 2.75) is 26.5 Å². The van der Waals surface area contributed by atoms with Crippen LogP contribution < -0.4 is 5.32 Å². The summed E-state index contributed by atoms with van der Waals surface area (Å²) >= 11 is 0. The van der Waals surface area contributed by atoms with Crippen LogP contribution in [0.2, 0.25) is 0 Å². The lowest BCUT2D eigenvalue weighted by Gasteiger charge is -2.27. The van der Waals surface area contributed by atoms with Crippen molar-refractivity contribution in [3.8, 4) is 0 Å². The van der Waals surface area contributed by atoms with E-state index >= 15 is 0 Å². The largest absolute Gasteiger partial charge is 0.477 e. The summed E-state index contributed by atoms with van der Waals surface area (Å²) in [6, 6.07) is 0. The monoisotopic (exact) mass is 305 g/mol. The number of quaternary nitrogens is 2. The van der Waals surface area contributed by atoms with Gasteiger partial charge in [0.2, 0.25) is 0 Å². The second-order valence-electron chi connectivity index (χ2n) is 7.07. The summed E-state index contributed by atoms with van der Waals surface area (Å²) in [6.07, 6.45) is 1.07. The molecule has 0 aliphatic heterocycles. The van der Waals surface area contributed by atoms with Crippen LogP contribution in [0.3, 0.4) is 0 Å². The SMILES string of the molecule is C=C(C)CNC(CC)O[N+](C)(C)C.C[N+](C)(C)CC(=O)O. The van der Waals surface area contributed by atoms with Crippen LogP contribution in [-0.2, 0) is 9.63 Å². The summed E-state index contributed by atoms with van der Waals surface area (Å²) in [6.45, 7) is 8.94. The van der Waals surface area contributed by atoms with Crippen LogP contribution in [-0.4, -0.2) is 81.8 Å². The molecule has 0 aliphatic carbocycles. The van der Waals surface area contributed by atoms with E-state index in [1.165, 1.54) is 0 Å². The molecule has 0 heterocycles. The normalized spacial score (nSPS) is 13.1. The van der Waals surface area contributed by atoms with E-state index in [0.29, 0.717) is 9.13 Å². The maximum absolute atomic E-state index is 10.00. The smallest absolute Gasteiger partial charge is 0.359 e. The minimum atomic E-state index is -0.752. The van der Waals surface area contributed by atoms with E-state index in [4.69, 9.17) is 9.94 Å². The van der Waals surface area contributed by atoms with E-state index in [2.05, 4.69) is 18.8 Å². The first-order valence-electron chi connectivity index (χ1n) is 7.16. The van der Waals surface area contributed by atoms with Crippen molar-refractivity contribution in [2.24, 2.45) is 0 Å². The molecule has 6 heteroatoms. The number of rotatable bonds is 8. The van der Waals surface area contributed by atoms with Gasteiger partial charge >= 0.3 is 5.97 Å². The van der Waals surface area contributed by atoms with Gasteiger partial charge in [0.1, 0.15) is 0 Å². The Morgan fingerprint density at radius 3 is 1.90 bits per heavy atom. The van der Waals surface area contributed by atoms with Crippen LogP contribution in [0.4, 0.5) is 0 Å². The number of aliphatic carboxylic acids is 1. The Labute approximate surface area is 130 Å². The third kappa shape index (κ3) is 21.5. The van der Waals surface area contributed by atoms with Crippen LogP contribution >= 0.6 is 0 Å². The average Bonchev–Trinajstić information content (AvgIpc) is 2.19. The number of hydrogen-bond acceptors (Lipinski definition) is 3. The van der Waals surface area contributed by atoms with Gasteiger partial charge in [-0.2, -0.15) is 9.48 Å². The number of likely N-dealkylation sites (N-methyl/N-ethyl adjacent to an activating group) is 1. The van der Waals surface area contributed by atoms with E-state index in [1.807, 2.05) is 49.2 Å². The third-order valence-corrected chi connectivity index (χ3v) is 2.06. The zero-order chi connectivity index (χ0) is 17.3. The van der Waals surface area contributed by atoms with Crippen molar-refractivity contribution in [3.05, 3.63) is 12.2 Å². The zero-order valence-corrected chi connectivity index (χ0v) is 15.1. The summed E-state index contributed by atoms with van der Waals surface area (Å²) in [5.74, 6) is -0.752. The number of hydrogen-bond donors (Lipinski definition) is 2. The lowest BCUT2D eigenvalue weighted by molar-refractivity contribution is -1.07. The molecule has 0 saturated carbocycles. The molecular weight excluding hydrogens is 270 g/mol. The van der Waals surface area contributed by atoms with Gasteiger partial charge in [-0.3, -0.25) is 5.32 Å². The highest BCUT2D eigenvalue weighted by Crippen LogP contribution is 2.02. The van der Waals surface area contributed by atoms with Crippen molar-refractivity contribution in [2.75, 3.05) is 55.4 Å². The maximum atomic E-state index is 10.00. The lowest BCUT2D eigenvalue weighted by atomic mass is 10.3. The highest BCUT2D eigenvalue weighted by atomic mass is 16.7. The van der Waals surface area contributed by atoms with Crippen molar-refractivity contribution in [1.82, 2.24) is 5.32 Å². The topological polar surface area (TPSA) is 58.6 Å². The first-order chi connectivity index (χ1) is 9.26. The van der Waals surface area contributed by atoms with Gasteiger partial charge in [0, 0.05) is 6.54 Å². The van der Waals surface area contributed by atoms with E-state index in [-0.39, 0.29) is 12.8 Å². The van der Waals surface area contributed by atoms with E-state index in [1.54, 1.807) is 0 Å². The summed E-state index contributed by atoms with van der Waals surface area (Å²) in [5.41, 5.74) is 1.13. The molecule has 0 saturated heterocycles. The number of hydroxylamine groups is 3. The van der Waals surface area contributed by atoms with Gasteiger partial charge < -0.3 is 9.59 Å². The molecule has 0 amide bonds. The molecule has 21 heavy (non-hydrogen) atoms. The highest BCUT2D eigenvalue weighted by Gasteiger charge is 2.16. The molecule has 6 nitrogen and oxygen atoms in total. The first-order valence-corrected chi connectivity index (χ1v) is 7.16. The minimum Gasteiger partial charge on any atom is -0.477 e. The number of carboxylic acids is 1. The minimum absolute atomic E-state index is 0.108. The fraction of sp³-hybridized carbons (Fsp3) is 0.800. The number of nitrogens with zero attached hydrogens (tertiary/aromatic N) is 2. The average molecular weight is 305 g/mol. The van der Waals surface area contributed by atoms with Gasteiger partial charge in [-0.1, -0.05) is 19.1 Å². The van der Waals surface area contributed by atoms with E-state index < -0.39 is 5.97 Å². The standard InChI is InChI=1S/C10H23N2O.C5H11NO2/c1-7-10(11-8-9(2)3)13-12(4,5)6;1-6(2,3)4-5(7)8/h10-11H,2,7-8H2,1,3-6H3;4H2,1-3H3/q+1;/p+1. The molecule has 0 aromatic heterocycles. The van der Waals surface area contributed by atoms with Gasteiger partial charge in [0.25, 0.3) is 0 Å². The summed E-state index contributed by atoms with van der Waals surface area (Å²) in [5, 5.41) is 11.5. The highest BCUT2D eigenvalue weighted by molar-refractivity contribution is 5.67. The fourth-order valence-electron chi connectivity index (χ4n) is 1.33. The van der Waals surface area contributed by atoms with Crippen LogP contribution in [0.15, 0.2) is 12.2 Å². The fourth-order valence-corrected chi connectivity index (χ4v) is 1.33. The van der Waals surface area contributed by atoms with Crippen LogP contribution in [0.25, 0.3) is 0 Å². The molecule has 0 aromatic rings. The number of carboxylic acid groups (broad SMARTS) is 1. The van der Waals surface area contributed by atoms with Crippen molar-refractivity contribution >= 4 is 5.97 Å². The van der Waals surface area contributed by atoms with Crippen LogP contribution in [0.5, 0.6) is 0 Å². The predicted octanol–water partition coefficient (Wildman–Crippen LogP) is 1.30. The lowest BCUT2D eigenvalue weighted by Crippen LogP contribution is -2.44. The molecule has 0 fully saturated rings. The zero-order valence-electron chi connectivity index (χ0n) is 15.1. The molecule has 1 atom stereocenters. The number of carbonyl (C=O) groups is 1. The first kappa shape index (κ1) is 22.3. The molecule has 0 aliphatic rings. The Morgan fingerprint density at radius 2 is 1.71 bits per heavy atom. The number of nitrogens with one attached hydrogen (secondary N) is 1. The Kier molecular flexibility index (Phi) is 10.5. The van der Waals surface area contributed by atoms with Gasteiger partial charge in [-0.25, -0.2) is 4.79 Å². The van der Waals surface area contributed by atoms with Crippen LogP contribution in [0.1, 0.15) is 20.3 Å². The quantitative estimate of drug-likeness (QED) is 0.307. The molecule has 126 valence electrons. The van der Waals surface area contributed by atoms with Crippen LogP contribution in [0, 0.1) is 0 Å². The molecule has 0 bridgehead atoms. The van der Waals surface area contributed by atoms with Crippen molar-refractivity contribution in [1.29, 1.82) is 0 Å². The molecule has 0 rings (SSSR count). The van der Waals surface area contributed by atoms with Gasteiger partial charge in [0.05, 0.1) is 42.3 Å². The molecular formula is C15H35N3O3+2. The third-order valence-electron chi connectivity index (χ3n) is 2.06. The molecule has 1 unspecified atom stereocenters. The van der Waals surface area contributed by atoms with Crippen molar-refractivity contribution in [3.63, 3.8) is 0 Å². The second kappa shape index (κ2) is 9.89. The van der Waals surface area contributed by atoms with E-state index in [0.717, 1.165) is 18.5 Å². The summed E-state index contributed by atoms with van der Waals surface area (Å²) in [7, 11) is 11.5. The summed E-state index contributed by atoms with van der Waals surface area (Å²) < 4.78 is 0.997. The Balaban J connectivity index is 0. The Hall–Kier alpha value is -0.950. The second-order valence-corrected chi connectivity index (χ2v) is 7.07. The van der Waals surface area contributed by atoms with Gasteiger partial charge in [-0.15, -0.1) is 0 Å². The Morgan fingerprint density at radius 1 is 1.24 bits per heavy atom. The molecule has 2 N–H and O–H groups in total. The predicted molar refractivity (Wildman–Crippen MR) is 86.5 cm³/mol. The van der Waals surface area contributed by atoms with Crippen molar-refractivity contribution < 1.29 is 23.9 Å².